The molecule has 0 bridgehead atoms. The van der Waals surface area contributed by atoms with Gasteiger partial charge in [-0.1, -0.05) is 0 Å². The number of esters is 1. The van der Waals surface area contributed by atoms with E-state index in [1.165, 1.54) is 25.0 Å². The molecule has 1 aliphatic carbocycles. The first-order valence-electron chi connectivity index (χ1n) is 11.9. The molecule has 1 saturated carbocycles. The van der Waals surface area contributed by atoms with Crippen LogP contribution in [0.5, 0.6) is 0 Å². The van der Waals surface area contributed by atoms with E-state index in [0.717, 1.165) is 31.7 Å². The van der Waals surface area contributed by atoms with Gasteiger partial charge in [-0.25, -0.2) is 9.18 Å². The van der Waals surface area contributed by atoms with Gasteiger partial charge in [0.1, 0.15) is 11.4 Å². The van der Waals surface area contributed by atoms with E-state index in [4.69, 9.17) is 4.74 Å². The maximum atomic E-state index is 13.4. The molecule has 1 aromatic carbocycles. The van der Waals surface area contributed by atoms with E-state index in [2.05, 4.69) is 9.88 Å². The zero-order chi connectivity index (χ0) is 23.0. The fourth-order valence-electron chi connectivity index (χ4n) is 5.58. The van der Waals surface area contributed by atoms with Gasteiger partial charge in [0, 0.05) is 43.4 Å². The summed E-state index contributed by atoms with van der Waals surface area (Å²) in [5.41, 5.74) is 1.82. The Morgan fingerprint density at radius 3 is 2.58 bits per heavy atom. The van der Waals surface area contributed by atoms with E-state index in [0.29, 0.717) is 42.5 Å². The number of carbonyl (C=O) groups is 2. The molecule has 1 amide bonds. The lowest BCUT2D eigenvalue weighted by atomic mass is 9.74. The first-order chi connectivity index (χ1) is 16.0. The van der Waals surface area contributed by atoms with Crippen LogP contribution in [0, 0.1) is 11.7 Å². The van der Waals surface area contributed by atoms with Crippen LogP contribution >= 0.6 is 0 Å². The number of ether oxygens (including phenoxy) is 1. The second-order valence-corrected chi connectivity index (χ2v) is 9.56. The van der Waals surface area contributed by atoms with Crippen LogP contribution in [0.2, 0.25) is 0 Å². The van der Waals surface area contributed by atoms with Crippen LogP contribution in [0.3, 0.4) is 0 Å². The number of carbonyl (C=O) groups excluding carboxylic acids is 2. The first-order valence-corrected chi connectivity index (χ1v) is 11.9. The average Bonchev–Trinajstić information content (AvgIpc) is 3.45. The third-order valence-corrected chi connectivity index (χ3v) is 7.52. The highest BCUT2D eigenvalue weighted by Gasteiger charge is 2.49. The molecule has 33 heavy (non-hydrogen) atoms. The topological polar surface area (TPSA) is 62.7 Å². The molecule has 7 heteroatoms. The molecule has 1 spiro atoms. The molecule has 2 aliphatic heterocycles. The largest absolute Gasteiger partial charge is 0.450 e. The standard InChI is InChI=1S/C26H30FN3O3/c1-29(16-17-30-14-2-3-15-30)24(31)19-8-11-26(12-9-19)21-10-13-28-23(22(21)25(32)33-26)18-4-6-20(27)7-5-18/h4-7,10,13,19H,2-3,8-9,11-12,14-17H2,1H3/t19-,26-. The minimum Gasteiger partial charge on any atom is -0.450 e. The Kier molecular flexibility index (Phi) is 5.91. The number of hydrogen-bond acceptors (Lipinski definition) is 5. The van der Waals surface area contributed by atoms with Crippen LogP contribution in [0.1, 0.15) is 54.4 Å². The van der Waals surface area contributed by atoms with Crippen molar-refractivity contribution in [3.05, 3.63) is 53.5 Å². The molecule has 0 unspecified atom stereocenters. The van der Waals surface area contributed by atoms with Crippen LogP contribution in [0.25, 0.3) is 11.3 Å². The van der Waals surface area contributed by atoms with E-state index in [1.807, 2.05) is 18.0 Å². The molecule has 2 aromatic rings. The zero-order valence-corrected chi connectivity index (χ0v) is 19.1. The minimum absolute atomic E-state index is 0.0413. The zero-order valence-electron chi connectivity index (χ0n) is 19.1. The Bertz CT molecular complexity index is 1040. The summed E-state index contributed by atoms with van der Waals surface area (Å²) < 4.78 is 19.3. The van der Waals surface area contributed by atoms with Gasteiger partial charge in [-0.3, -0.25) is 9.78 Å². The Morgan fingerprint density at radius 2 is 1.88 bits per heavy atom. The van der Waals surface area contributed by atoms with Gasteiger partial charge in [-0.05, 0) is 81.9 Å². The van der Waals surface area contributed by atoms with Gasteiger partial charge in [0.15, 0.2) is 0 Å². The Balaban J connectivity index is 1.29. The first kappa shape index (κ1) is 22.0. The van der Waals surface area contributed by atoms with Crippen molar-refractivity contribution in [1.82, 2.24) is 14.8 Å². The van der Waals surface area contributed by atoms with Crippen molar-refractivity contribution in [1.29, 1.82) is 0 Å². The summed E-state index contributed by atoms with van der Waals surface area (Å²) in [4.78, 5) is 34.7. The molecular formula is C26H30FN3O3. The number of amides is 1. The molecular weight excluding hydrogens is 421 g/mol. The van der Waals surface area contributed by atoms with Crippen LogP contribution < -0.4 is 0 Å². The molecule has 0 atom stereocenters. The van der Waals surface area contributed by atoms with Gasteiger partial charge in [0.05, 0.1) is 11.3 Å². The van der Waals surface area contributed by atoms with Gasteiger partial charge >= 0.3 is 5.97 Å². The second kappa shape index (κ2) is 8.86. The number of halogens is 1. The van der Waals surface area contributed by atoms with Crippen molar-refractivity contribution < 1.29 is 18.7 Å². The van der Waals surface area contributed by atoms with Crippen LogP contribution in [-0.4, -0.2) is 59.9 Å². The lowest BCUT2D eigenvalue weighted by molar-refractivity contribution is -0.137. The predicted octanol–water partition coefficient (Wildman–Crippen LogP) is 4.00. The summed E-state index contributed by atoms with van der Waals surface area (Å²) in [7, 11) is 1.90. The van der Waals surface area contributed by atoms with Crippen LogP contribution in [0.4, 0.5) is 4.39 Å². The van der Waals surface area contributed by atoms with Crippen molar-refractivity contribution in [2.75, 3.05) is 33.2 Å². The van der Waals surface area contributed by atoms with E-state index in [9.17, 15) is 14.0 Å². The van der Waals surface area contributed by atoms with E-state index in [-0.39, 0.29) is 23.6 Å². The van der Waals surface area contributed by atoms with Gasteiger partial charge in [-0.15, -0.1) is 0 Å². The summed E-state index contributed by atoms with van der Waals surface area (Å²) >= 11 is 0. The fourth-order valence-corrected chi connectivity index (χ4v) is 5.58. The van der Waals surface area contributed by atoms with Gasteiger partial charge in [0.25, 0.3) is 0 Å². The number of fused-ring (bicyclic) bond motifs is 2. The highest BCUT2D eigenvalue weighted by atomic mass is 19.1. The number of rotatable bonds is 5. The summed E-state index contributed by atoms with van der Waals surface area (Å²) in [5.74, 6) is -0.570. The number of benzene rings is 1. The van der Waals surface area contributed by atoms with Crippen molar-refractivity contribution in [2.24, 2.45) is 5.92 Å². The Morgan fingerprint density at radius 1 is 1.18 bits per heavy atom. The third-order valence-electron chi connectivity index (χ3n) is 7.52. The number of likely N-dealkylation sites (tertiary alicyclic amines) is 1. The van der Waals surface area contributed by atoms with Crippen molar-refractivity contribution in [3.63, 3.8) is 0 Å². The SMILES string of the molecule is CN(CCN1CCCC1)C(=O)[C@H]1CC[C@@]2(CC1)OC(=O)c1c(-c3ccc(F)cc3)nccc12. The minimum atomic E-state index is -0.699. The van der Waals surface area contributed by atoms with Gasteiger partial charge in [-0.2, -0.15) is 0 Å². The normalized spacial score (nSPS) is 24.7. The molecule has 0 N–H and O–H groups in total. The molecule has 3 heterocycles. The fraction of sp³-hybridized carbons (Fsp3) is 0.500. The highest BCUT2D eigenvalue weighted by molar-refractivity contribution is 6.00. The van der Waals surface area contributed by atoms with Crippen molar-refractivity contribution in [2.45, 2.75) is 44.1 Å². The van der Waals surface area contributed by atoms with E-state index < -0.39 is 5.60 Å². The van der Waals surface area contributed by atoms with Crippen LogP contribution in [-0.2, 0) is 15.1 Å². The summed E-state index contributed by atoms with van der Waals surface area (Å²) in [6.07, 6.45) is 6.80. The van der Waals surface area contributed by atoms with Gasteiger partial charge in [0.2, 0.25) is 5.91 Å². The lowest BCUT2D eigenvalue weighted by Crippen LogP contribution is -2.41. The van der Waals surface area contributed by atoms with E-state index >= 15 is 0 Å². The number of hydrogen-bond donors (Lipinski definition) is 0. The van der Waals surface area contributed by atoms with Crippen molar-refractivity contribution >= 4 is 11.9 Å². The number of nitrogens with zero attached hydrogens (tertiary/aromatic N) is 3. The summed E-state index contributed by atoms with van der Waals surface area (Å²) in [5, 5.41) is 0. The molecule has 5 rings (SSSR count). The Labute approximate surface area is 193 Å². The molecule has 3 aliphatic rings. The third kappa shape index (κ3) is 4.14. The van der Waals surface area contributed by atoms with Gasteiger partial charge < -0.3 is 14.5 Å². The maximum absolute atomic E-state index is 13.4. The predicted molar refractivity (Wildman–Crippen MR) is 122 cm³/mol. The quantitative estimate of drug-likeness (QED) is 0.643. The van der Waals surface area contributed by atoms with Crippen LogP contribution in [0.15, 0.2) is 36.5 Å². The number of aromatic nitrogens is 1. The second-order valence-electron chi connectivity index (χ2n) is 9.56. The summed E-state index contributed by atoms with van der Waals surface area (Å²) in [6, 6.07) is 7.85. The molecule has 174 valence electrons. The maximum Gasteiger partial charge on any atom is 0.341 e. The number of likely N-dealkylation sites (N-methyl/N-ethyl adjacent to an activating group) is 1. The average molecular weight is 452 g/mol. The lowest BCUT2D eigenvalue weighted by Gasteiger charge is -2.37. The summed E-state index contributed by atoms with van der Waals surface area (Å²) in [6.45, 7) is 3.95. The van der Waals surface area contributed by atoms with Crippen molar-refractivity contribution in [3.8, 4) is 11.3 Å². The molecule has 6 nitrogen and oxygen atoms in total. The molecule has 2 fully saturated rings. The monoisotopic (exact) mass is 451 g/mol. The molecule has 0 radical (unpaired) electrons. The smallest absolute Gasteiger partial charge is 0.341 e. The Hall–Kier alpha value is -2.80. The number of pyridine rings is 1. The molecule has 1 aromatic heterocycles. The molecule has 1 saturated heterocycles. The van der Waals surface area contributed by atoms with E-state index in [1.54, 1.807) is 18.3 Å². The highest BCUT2D eigenvalue weighted by Crippen LogP contribution is 2.49.